The molecular weight excluding hydrogens is 853 g/mol. The van der Waals surface area contributed by atoms with Crippen molar-refractivity contribution in [2.24, 2.45) is 0 Å². The van der Waals surface area contributed by atoms with Crippen molar-refractivity contribution >= 4 is 17.9 Å². The number of hydrogen-bond donors (Lipinski definition) is 0. The number of allylic oxidation sites excluding steroid dienone is 16. The molecule has 0 radical (unpaired) electrons. The molecule has 0 aromatic carbocycles. The van der Waals surface area contributed by atoms with Crippen molar-refractivity contribution in [2.75, 3.05) is 13.2 Å². The molecule has 0 aliphatic carbocycles. The Morgan fingerprint density at radius 1 is 0.319 bits per heavy atom. The summed E-state index contributed by atoms with van der Waals surface area (Å²) in [4.78, 5) is 38.2. The van der Waals surface area contributed by atoms with Gasteiger partial charge in [-0.1, -0.05) is 234 Å². The van der Waals surface area contributed by atoms with Gasteiger partial charge in [-0.15, -0.1) is 0 Å². The highest BCUT2D eigenvalue weighted by Crippen LogP contribution is 2.15. The first kappa shape index (κ1) is 65.3. The maximum Gasteiger partial charge on any atom is 0.306 e. The molecule has 0 saturated carbocycles. The predicted octanol–water partition coefficient (Wildman–Crippen LogP) is 19.3. The van der Waals surface area contributed by atoms with Crippen LogP contribution in [0.5, 0.6) is 0 Å². The van der Waals surface area contributed by atoms with E-state index < -0.39 is 6.10 Å². The predicted molar refractivity (Wildman–Crippen MR) is 297 cm³/mol. The zero-order chi connectivity index (χ0) is 50.0. The molecule has 0 rings (SSSR count). The molecular formula is C63H106O6. The van der Waals surface area contributed by atoms with Gasteiger partial charge in [-0.2, -0.15) is 0 Å². The van der Waals surface area contributed by atoms with Gasteiger partial charge in [-0.3, -0.25) is 14.4 Å². The second-order valence-corrected chi connectivity index (χ2v) is 18.8. The summed E-state index contributed by atoms with van der Waals surface area (Å²) < 4.78 is 16.9. The fraction of sp³-hybridized carbons (Fsp3) is 0.698. The maximum absolute atomic E-state index is 12.9. The highest BCUT2D eigenvalue weighted by atomic mass is 16.6. The first-order chi connectivity index (χ1) is 34.0. The lowest BCUT2D eigenvalue weighted by Crippen LogP contribution is -2.30. The number of ether oxygens (including phenoxy) is 3. The smallest absolute Gasteiger partial charge is 0.306 e. The van der Waals surface area contributed by atoms with Gasteiger partial charge in [0.15, 0.2) is 6.10 Å². The molecule has 0 aliphatic heterocycles. The number of hydrogen-bond acceptors (Lipinski definition) is 6. The van der Waals surface area contributed by atoms with Crippen LogP contribution >= 0.6 is 0 Å². The van der Waals surface area contributed by atoms with Gasteiger partial charge in [0.05, 0.1) is 0 Å². The minimum Gasteiger partial charge on any atom is -0.462 e. The Morgan fingerprint density at radius 3 is 0.971 bits per heavy atom. The number of unbranched alkanes of at least 4 members (excludes halogenated alkanes) is 25. The van der Waals surface area contributed by atoms with E-state index in [0.717, 1.165) is 116 Å². The van der Waals surface area contributed by atoms with Crippen LogP contribution < -0.4 is 0 Å². The number of rotatable bonds is 51. The van der Waals surface area contributed by atoms with E-state index in [1.165, 1.54) is 109 Å². The van der Waals surface area contributed by atoms with Crippen molar-refractivity contribution in [3.8, 4) is 0 Å². The normalized spacial score (nSPS) is 12.8. The van der Waals surface area contributed by atoms with Gasteiger partial charge in [0.1, 0.15) is 13.2 Å². The van der Waals surface area contributed by atoms with Crippen LogP contribution in [0.1, 0.15) is 265 Å². The zero-order valence-electron chi connectivity index (χ0n) is 45.0. The van der Waals surface area contributed by atoms with Crippen molar-refractivity contribution in [1.82, 2.24) is 0 Å². The Kier molecular flexibility index (Phi) is 53.9. The van der Waals surface area contributed by atoms with Crippen LogP contribution in [0.25, 0.3) is 0 Å². The third-order valence-corrected chi connectivity index (χ3v) is 12.1. The van der Waals surface area contributed by atoms with Crippen molar-refractivity contribution in [3.05, 3.63) is 97.2 Å². The topological polar surface area (TPSA) is 78.9 Å². The van der Waals surface area contributed by atoms with Crippen molar-refractivity contribution in [1.29, 1.82) is 0 Å². The van der Waals surface area contributed by atoms with Crippen molar-refractivity contribution in [3.63, 3.8) is 0 Å². The number of carbonyl (C=O) groups is 3. The Bertz CT molecular complexity index is 1380. The van der Waals surface area contributed by atoms with E-state index in [9.17, 15) is 14.4 Å². The molecule has 69 heavy (non-hydrogen) atoms. The van der Waals surface area contributed by atoms with Gasteiger partial charge >= 0.3 is 17.9 Å². The fourth-order valence-electron chi connectivity index (χ4n) is 7.81. The minimum absolute atomic E-state index is 0.0894. The zero-order valence-corrected chi connectivity index (χ0v) is 45.0. The highest BCUT2D eigenvalue weighted by molar-refractivity contribution is 5.71. The van der Waals surface area contributed by atoms with Crippen LogP contribution in [0, 0.1) is 0 Å². The molecule has 0 bridgehead atoms. The van der Waals surface area contributed by atoms with E-state index in [1.54, 1.807) is 0 Å². The second-order valence-electron chi connectivity index (χ2n) is 18.8. The quantitative estimate of drug-likeness (QED) is 0.0199. The van der Waals surface area contributed by atoms with Gasteiger partial charge in [-0.05, 0) is 109 Å². The summed E-state index contributed by atoms with van der Waals surface area (Å²) in [5.41, 5.74) is 0. The third kappa shape index (κ3) is 55.1. The fourth-order valence-corrected chi connectivity index (χ4v) is 7.81. The molecule has 0 heterocycles. The van der Waals surface area contributed by atoms with E-state index in [2.05, 4.69) is 118 Å². The molecule has 0 aromatic heterocycles. The van der Waals surface area contributed by atoms with Gasteiger partial charge in [0.25, 0.3) is 0 Å². The molecule has 0 aliphatic rings. The standard InChI is InChI=1S/C63H106O6/c1-4-7-10-13-16-19-22-25-28-31-32-33-36-38-41-44-47-50-53-56-62(65)68-59-60(69-63(66)57-54-51-48-45-42-39-35-30-27-24-21-18-15-12-9-6-3)58-67-61(64)55-52-49-46-43-40-37-34-29-26-23-20-17-14-11-8-5-2/h8-9,11-12,16-22,25-27,29-30,60H,4-7,10,13-15,23-24,28,31-59H2,1-3H3/b11-8-,12-9-,19-16-,20-17-,21-18-,25-22-,29-26-,30-27-. The summed E-state index contributed by atoms with van der Waals surface area (Å²) in [6.45, 7) is 6.38. The van der Waals surface area contributed by atoms with Gasteiger partial charge in [0.2, 0.25) is 0 Å². The summed E-state index contributed by atoms with van der Waals surface area (Å²) in [5, 5.41) is 0. The molecule has 0 fully saturated rings. The highest BCUT2D eigenvalue weighted by Gasteiger charge is 2.19. The molecule has 1 unspecified atom stereocenters. The van der Waals surface area contributed by atoms with Crippen LogP contribution in [0.2, 0.25) is 0 Å². The first-order valence-electron chi connectivity index (χ1n) is 28.8. The lowest BCUT2D eigenvalue weighted by atomic mass is 10.1. The summed E-state index contributed by atoms with van der Waals surface area (Å²) in [7, 11) is 0. The van der Waals surface area contributed by atoms with Crippen molar-refractivity contribution in [2.45, 2.75) is 271 Å². The lowest BCUT2D eigenvalue weighted by Gasteiger charge is -2.18. The van der Waals surface area contributed by atoms with Gasteiger partial charge in [0, 0.05) is 19.3 Å². The molecule has 0 amide bonds. The van der Waals surface area contributed by atoms with Gasteiger partial charge < -0.3 is 14.2 Å². The van der Waals surface area contributed by atoms with E-state index in [4.69, 9.17) is 14.2 Å². The Balaban J connectivity index is 4.42. The van der Waals surface area contributed by atoms with E-state index in [-0.39, 0.29) is 31.1 Å². The summed E-state index contributed by atoms with van der Waals surface area (Å²) in [6.07, 6.45) is 75.3. The summed E-state index contributed by atoms with van der Waals surface area (Å²) >= 11 is 0. The molecule has 394 valence electrons. The molecule has 6 nitrogen and oxygen atoms in total. The lowest BCUT2D eigenvalue weighted by molar-refractivity contribution is -0.167. The van der Waals surface area contributed by atoms with E-state index in [1.807, 2.05) is 0 Å². The first-order valence-corrected chi connectivity index (χ1v) is 28.8. The number of esters is 3. The molecule has 6 heteroatoms. The van der Waals surface area contributed by atoms with Crippen LogP contribution in [0.3, 0.4) is 0 Å². The molecule has 1 atom stereocenters. The Labute approximate surface area is 426 Å². The van der Waals surface area contributed by atoms with Crippen LogP contribution in [0.15, 0.2) is 97.2 Å². The van der Waals surface area contributed by atoms with Gasteiger partial charge in [-0.25, -0.2) is 0 Å². The second kappa shape index (κ2) is 56.9. The molecule has 0 saturated heterocycles. The molecule has 0 aromatic rings. The average molecular weight is 960 g/mol. The van der Waals surface area contributed by atoms with Crippen molar-refractivity contribution < 1.29 is 28.6 Å². The molecule has 0 N–H and O–H groups in total. The van der Waals surface area contributed by atoms with E-state index >= 15 is 0 Å². The molecule has 0 spiro atoms. The summed E-state index contributed by atoms with van der Waals surface area (Å²) in [6, 6.07) is 0. The van der Waals surface area contributed by atoms with Crippen LogP contribution in [-0.4, -0.2) is 37.2 Å². The Hall–Kier alpha value is -3.67. The largest absolute Gasteiger partial charge is 0.462 e. The van der Waals surface area contributed by atoms with Crippen LogP contribution in [0.4, 0.5) is 0 Å². The average Bonchev–Trinajstić information content (AvgIpc) is 3.35. The van der Waals surface area contributed by atoms with E-state index in [0.29, 0.717) is 19.3 Å². The Morgan fingerprint density at radius 2 is 0.609 bits per heavy atom. The monoisotopic (exact) mass is 959 g/mol. The summed E-state index contributed by atoms with van der Waals surface area (Å²) in [5.74, 6) is -0.915. The minimum atomic E-state index is -0.793. The SMILES string of the molecule is CC/C=C\C/C=C\C/C=C\CCCCCCCCC(=O)OCC(COC(=O)CCCCCCCCCCCC/C=C\C=C/CCCCC)OC(=O)CCCCCCCC/C=C\C/C=C\C/C=C\CC. The van der Waals surface area contributed by atoms with Crippen LogP contribution in [-0.2, 0) is 28.6 Å². The number of carbonyl (C=O) groups excluding carboxylic acids is 3. The maximum atomic E-state index is 12.9. The third-order valence-electron chi connectivity index (χ3n) is 12.1.